The maximum absolute atomic E-state index is 2.42. The molecule has 0 nitrogen and oxygen atoms in total. The van der Waals surface area contributed by atoms with E-state index in [0.29, 0.717) is 0 Å². The van der Waals surface area contributed by atoms with Crippen LogP contribution in [0.3, 0.4) is 0 Å². The Morgan fingerprint density at radius 1 is 1.31 bits per heavy atom. The van der Waals surface area contributed by atoms with Crippen molar-refractivity contribution in [2.75, 3.05) is 0 Å². The Bertz CT molecular complexity index is 445. The lowest BCUT2D eigenvalue weighted by molar-refractivity contribution is 1.17. The standard InChI is InChI=1S/C10H8I2S/c1-2-6-5-13-10-8(6)3-7(11)4-9(10)12/h3-5H,2H2,1H3. The van der Waals surface area contributed by atoms with Gasteiger partial charge in [-0.3, -0.25) is 0 Å². The molecular formula is C10H8I2S. The number of fused-ring (bicyclic) bond motifs is 1. The summed E-state index contributed by atoms with van der Waals surface area (Å²) in [6.45, 7) is 2.22. The quantitative estimate of drug-likeness (QED) is 0.596. The van der Waals surface area contributed by atoms with Gasteiger partial charge in [0, 0.05) is 11.8 Å². The maximum atomic E-state index is 2.42. The van der Waals surface area contributed by atoms with Crippen LogP contribution < -0.4 is 0 Å². The second-order valence-corrected chi connectivity index (χ2v) is 6.17. The van der Waals surface area contributed by atoms with E-state index >= 15 is 0 Å². The first kappa shape index (κ1) is 10.2. The molecule has 1 aromatic carbocycles. The minimum absolute atomic E-state index is 1.14. The molecule has 0 spiro atoms. The highest BCUT2D eigenvalue weighted by Crippen LogP contribution is 2.32. The third-order valence-electron chi connectivity index (χ3n) is 2.05. The molecule has 0 saturated carbocycles. The van der Waals surface area contributed by atoms with Gasteiger partial charge in [0.1, 0.15) is 0 Å². The van der Waals surface area contributed by atoms with Crippen molar-refractivity contribution in [2.24, 2.45) is 0 Å². The van der Waals surface area contributed by atoms with Gasteiger partial charge in [-0.25, -0.2) is 0 Å². The summed E-state index contributed by atoms with van der Waals surface area (Å²) in [5.41, 5.74) is 1.48. The summed E-state index contributed by atoms with van der Waals surface area (Å²) < 4.78 is 4.16. The molecule has 1 aromatic heterocycles. The second kappa shape index (κ2) is 4.02. The molecule has 13 heavy (non-hydrogen) atoms. The molecule has 0 aliphatic rings. The first-order valence-corrected chi connectivity index (χ1v) is 7.11. The Kier molecular flexibility index (Phi) is 3.14. The molecular weight excluding hydrogens is 406 g/mol. The normalized spacial score (nSPS) is 11.0. The van der Waals surface area contributed by atoms with Gasteiger partial charge in [0.05, 0.1) is 0 Å². The Labute approximate surface area is 109 Å². The maximum Gasteiger partial charge on any atom is 0.0479 e. The number of benzene rings is 1. The predicted molar refractivity (Wildman–Crippen MR) is 76.6 cm³/mol. The van der Waals surface area contributed by atoms with Gasteiger partial charge in [0.2, 0.25) is 0 Å². The van der Waals surface area contributed by atoms with Crippen molar-refractivity contribution in [3.05, 3.63) is 30.2 Å². The third kappa shape index (κ3) is 1.87. The molecule has 0 bridgehead atoms. The van der Waals surface area contributed by atoms with Gasteiger partial charge in [0.25, 0.3) is 0 Å². The molecule has 0 fully saturated rings. The third-order valence-corrected chi connectivity index (χ3v) is 4.97. The SMILES string of the molecule is CCc1csc2c(I)cc(I)cc12. The predicted octanol–water partition coefficient (Wildman–Crippen LogP) is 4.67. The molecule has 3 heteroatoms. The van der Waals surface area contributed by atoms with E-state index in [0.717, 1.165) is 6.42 Å². The highest BCUT2D eigenvalue weighted by Gasteiger charge is 2.06. The minimum Gasteiger partial charge on any atom is -0.142 e. The summed E-state index contributed by atoms with van der Waals surface area (Å²) >= 11 is 6.67. The first-order chi connectivity index (χ1) is 6.22. The van der Waals surface area contributed by atoms with Gasteiger partial charge >= 0.3 is 0 Å². The topological polar surface area (TPSA) is 0 Å². The molecule has 0 radical (unpaired) electrons. The monoisotopic (exact) mass is 414 g/mol. The second-order valence-electron chi connectivity index (χ2n) is 2.88. The summed E-state index contributed by atoms with van der Waals surface area (Å²) in [7, 11) is 0. The van der Waals surface area contributed by atoms with E-state index in [-0.39, 0.29) is 0 Å². The van der Waals surface area contributed by atoms with Crippen LogP contribution in [-0.4, -0.2) is 0 Å². The largest absolute Gasteiger partial charge is 0.142 e. The molecule has 0 saturated heterocycles. The van der Waals surface area contributed by atoms with Crippen LogP contribution in [0.4, 0.5) is 0 Å². The smallest absolute Gasteiger partial charge is 0.0479 e. The number of rotatable bonds is 1. The van der Waals surface area contributed by atoms with E-state index in [9.17, 15) is 0 Å². The molecule has 0 atom stereocenters. The van der Waals surface area contributed by atoms with Crippen molar-refractivity contribution in [3.8, 4) is 0 Å². The van der Waals surface area contributed by atoms with Crippen LogP contribution in [0.25, 0.3) is 10.1 Å². The number of thiophene rings is 1. The first-order valence-electron chi connectivity index (χ1n) is 4.07. The number of aryl methyl sites for hydroxylation is 1. The molecule has 2 rings (SSSR count). The molecule has 0 amide bonds. The van der Waals surface area contributed by atoms with Crippen LogP contribution in [0.15, 0.2) is 17.5 Å². The minimum atomic E-state index is 1.14. The average molecular weight is 414 g/mol. The summed E-state index contributed by atoms with van der Waals surface area (Å²) in [4.78, 5) is 0. The Hall–Kier alpha value is 0.640. The van der Waals surface area contributed by atoms with Crippen LogP contribution in [0.5, 0.6) is 0 Å². The van der Waals surface area contributed by atoms with Gasteiger partial charge in [-0.2, -0.15) is 0 Å². The Balaban J connectivity index is 2.82. The number of halogens is 2. The van der Waals surface area contributed by atoms with E-state index in [4.69, 9.17) is 0 Å². The molecule has 1 heterocycles. The fourth-order valence-electron chi connectivity index (χ4n) is 1.39. The molecule has 0 aliphatic heterocycles. The van der Waals surface area contributed by atoms with E-state index in [1.165, 1.54) is 22.8 Å². The zero-order valence-electron chi connectivity index (χ0n) is 7.10. The highest BCUT2D eigenvalue weighted by atomic mass is 127. The molecule has 0 unspecified atom stereocenters. The van der Waals surface area contributed by atoms with Crippen molar-refractivity contribution in [1.29, 1.82) is 0 Å². The molecule has 2 aromatic rings. The lowest BCUT2D eigenvalue weighted by Gasteiger charge is -1.98. The highest BCUT2D eigenvalue weighted by molar-refractivity contribution is 14.1. The van der Waals surface area contributed by atoms with Gasteiger partial charge < -0.3 is 0 Å². The summed E-state index contributed by atoms with van der Waals surface area (Å²) in [5, 5.41) is 3.73. The van der Waals surface area contributed by atoms with Crippen LogP contribution in [-0.2, 0) is 6.42 Å². The molecule has 0 N–H and O–H groups in total. The fraction of sp³-hybridized carbons (Fsp3) is 0.200. The Morgan fingerprint density at radius 3 is 2.77 bits per heavy atom. The molecule has 0 aliphatic carbocycles. The van der Waals surface area contributed by atoms with Crippen molar-refractivity contribution >= 4 is 66.6 Å². The van der Waals surface area contributed by atoms with E-state index in [1.54, 1.807) is 0 Å². The zero-order chi connectivity index (χ0) is 9.42. The van der Waals surface area contributed by atoms with Crippen molar-refractivity contribution in [1.82, 2.24) is 0 Å². The summed E-state index contributed by atoms with van der Waals surface area (Å²) in [5.74, 6) is 0. The van der Waals surface area contributed by atoms with Gasteiger partial charge in [-0.05, 0) is 80.1 Å². The zero-order valence-corrected chi connectivity index (χ0v) is 12.2. The van der Waals surface area contributed by atoms with E-state index in [2.05, 4.69) is 69.6 Å². The number of hydrogen-bond acceptors (Lipinski definition) is 1. The average Bonchev–Trinajstić information content (AvgIpc) is 2.47. The van der Waals surface area contributed by atoms with E-state index < -0.39 is 0 Å². The van der Waals surface area contributed by atoms with E-state index in [1.807, 2.05) is 11.3 Å². The van der Waals surface area contributed by atoms with Gasteiger partial charge in [0.15, 0.2) is 0 Å². The summed E-state index contributed by atoms with van der Waals surface area (Å²) in [6.07, 6.45) is 1.14. The van der Waals surface area contributed by atoms with Crippen LogP contribution in [0.2, 0.25) is 0 Å². The fourth-order valence-corrected chi connectivity index (χ4v) is 4.65. The lowest BCUT2D eigenvalue weighted by atomic mass is 10.1. The van der Waals surface area contributed by atoms with Crippen LogP contribution in [0, 0.1) is 7.14 Å². The number of hydrogen-bond donors (Lipinski definition) is 0. The van der Waals surface area contributed by atoms with Crippen molar-refractivity contribution < 1.29 is 0 Å². The van der Waals surface area contributed by atoms with Gasteiger partial charge in [-0.15, -0.1) is 11.3 Å². The lowest BCUT2D eigenvalue weighted by Crippen LogP contribution is -1.79. The summed E-state index contributed by atoms with van der Waals surface area (Å²) in [6, 6.07) is 4.52. The molecule has 68 valence electrons. The van der Waals surface area contributed by atoms with Crippen molar-refractivity contribution in [3.63, 3.8) is 0 Å². The van der Waals surface area contributed by atoms with Crippen LogP contribution in [0.1, 0.15) is 12.5 Å². The Morgan fingerprint density at radius 2 is 2.08 bits per heavy atom. The van der Waals surface area contributed by atoms with Gasteiger partial charge in [-0.1, -0.05) is 6.92 Å². The van der Waals surface area contributed by atoms with Crippen LogP contribution >= 0.6 is 56.5 Å². The van der Waals surface area contributed by atoms with Crippen molar-refractivity contribution in [2.45, 2.75) is 13.3 Å².